The highest BCUT2D eigenvalue weighted by Gasteiger charge is 2.30. The van der Waals surface area contributed by atoms with Crippen molar-refractivity contribution in [1.82, 2.24) is 14.9 Å². The smallest absolute Gasteiger partial charge is 0.465 e. The van der Waals surface area contributed by atoms with Gasteiger partial charge in [-0.3, -0.25) is 0 Å². The molecule has 0 aliphatic heterocycles. The molecule has 0 spiro atoms. The Hall–Kier alpha value is -2.71. The molecule has 1 heterocycles. The number of hydrogen-bond donors (Lipinski definition) is 2. The molecule has 0 bridgehead atoms. The van der Waals surface area contributed by atoms with E-state index in [4.69, 9.17) is 5.11 Å². The van der Waals surface area contributed by atoms with Gasteiger partial charge in [0.1, 0.15) is 5.75 Å². The number of rotatable bonds is 6. The Kier molecular flexibility index (Phi) is 5.09. The molecule has 2 aromatic rings. The quantitative estimate of drug-likeness (QED) is 0.799. The van der Waals surface area contributed by atoms with Crippen LogP contribution in [0.4, 0.5) is 18.0 Å². The van der Waals surface area contributed by atoms with Crippen LogP contribution in [0.3, 0.4) is 0 Å². The normalized spacial score (nSPS) is 11.3. The van der Waals surface area contributed by atoms with Crippen LogP contribution < -0.4 is 10.1 Å². The van der Waals surface area contributed by atoms with Crippen molar-refractivity contribution in [2.45, 2.75) is 19.2 Å². The minimum atomic E-state index is -4.71. The van der Waals surface area contributed by atoms with Crippen LogP contribution in [0.5, 0.6) is 5.75 Å². The van der Waals surface area contributed by atoms with Crippen LogP contribution in [0.25, 0.3) is 5.69 Å². The summed E-state index contributed by atoms with van der Waals surface area (Å²) in [5.41, 5.74) is 1.40. The minimum absolute atomic E-state index is 0.290. The number of carbonyl (C=O) groups is 1. The van der Waals surface area contributed by atoms with E-state index in [2.05, 4.69) is 15.0 Å². The third kappa shape index (κ3) is 5.53. The second-order valence-corrected chi connectivity index (χ2v) is 4.65. The van der Waals surface area contributed by atoms with Gasteiger partial charge in [0, 0.05) is 18.4 Å². The lowest BCUT2D eigenvalue weighted by molar-refractivity contribution is -0.274. The van der Waals surface area contributed by atoms with Gasteiger partial charge < -0.3 is 19.7 Å². The van der Waals surface area contributed by atoms with Crippen molar-refractivity contribution in [2.24, 2.45) is 0 Å². The molecule has 0 aliphatic rings. The van der Waals surface area contributed by atoms with Gasteiger partial charge in [0.25, 0.3) is 0 Å². The molecule has 124 valence electrons. The fourth-order valence-electron chi connectivity index (χ4n) is 1.92. The predicted molar refractivity (Wildman–Crippen MR) is 74.6 cm³/mol. The minimum Gasteiger partial charge on any atom is -0.465 e. The van der Waals surface area contributed by atoms with E-state index in [9.17, 15) is 18.0 Å². The summed E-state index contributed by atoms with van der Waals surface area (Å²) < 4.78 is 41.7. The highest BCUT2D eigenvalue weighted by atomic mass is 19.4. The van der Waals surface area contributed by atoms with Crippen LogP contribution in [0.15, 0.2) is 36.8 Å². The van der Waals surface area contributed by atoms with Crippen molar-refractivity contribution < 1.29 is 27.8 Å². The molecular weight excluding hydrogens is 315 g/mol. The summed E-state index contributed by atoms with van der Waals surface area (Å²) in [5, 5.41) is 10.7. The molecule has 0 radical (unpaired) electrons. The predicted octanol–water partition coefficient (Wildman–Crippen LogP) is 2.97. The van der Waals surface area contributed by atoms with Crippen molar-refractivity contribution >= 4 is 6.09 Å². The molecular formula is C14H14F3N3O3. The van der Waals surface area contributed by atoms with Crippen LogP contribution in [-0.4, -0.2) is 33.7 Å². The zero-order chi connectivity index (χ0) is 16.9. The zero-order valence-corrected chi connectivity index (χ0v) is 11.9. The van der Waals surface area contributed by atoms with Crippen LogP contribution >= 0.6 is 0 Å². The highest BCUT2D eigenvalue weighted by molar-refractivity contribution is 5.64. The zero-order valence-electron chi connectivity index (χ0n) is 11.9. The fraction of sp³-hybridized carbons (Fsp3) is 0.286. The Morgan fingerprint density at radius 3 is 2.61 bits per heavy atom. The molecule has 0 saturated carbocycles. The Balaban J connectivity index is 1.93. The topological polar surface area (TPSA) is 76.4 Å². The first kappa shape index (κ1) is 16.7. The largest absolute Gasteiger partial charge is 0.573 e. The van der Waals surface area contributed by atoms with Crippen molar-refractivity contribution in [3.05, 3.63) is 42.5 Å². The van der Waals surface area contributed by atoms with Gasteiger partial charge in [-0.2, -0.15) is 0 Å². The molecule has 0 atom stereocenters. The Labute approximate surface area is 129 Å². The maximum absolute atomic E-state index is 12.1. The third-order valence-electron chi connectivity index (χ3n) is 2.89. The molecule has 2 rings (SSSR count). The number of halogens is 3. The Morgan fingerprint density at radius 2 is 2.00 bits per heavy atom. The second-order valence-electron chi connectivity index (χ2n) is 4.65. The lowest BCUT2D eigenvalue weighted by atomic mass is 10.2. The number of ether oxygens (including phenoxy) is 1. The van der Waals surface area contributed by atoms with Gasteiger partial charge >= 0.3 is 12.5 Å². The number of imidazole rings is 1. The van der Waals surface area contributed by atoms with E-state index >= 15 is 0 Å². The van der Waals surface area contributed by atoms with Gasteiger partial charge in [0.15, 0.2) is 0 Å². The van der Waals surface area contributed by atoms with E-state index < -0.39 is 12.5 Å². The number of alkyl halides is 3. The molecule has 23 heavy (non-hydrogen) atoms. The molecule has 0 saturated heterocycles. The summed E-state index contributed by atoms with van der Waals surface area (Å²) in [6.45, 7) is 0.325. The average Bonchev–Trinajstić information content (AvgIpc) is 2.91. The summed E-state index contributed by atoms with van der Waals surface area (Å²) in [6, 6.07) is 5.41. The molecule has 0 unspecified atom stereocenters. The molecule has 9 heteroatoms. The van der Waals surface area contributed by atoms with Crippen molar-refractivity contribution in [3.8, 4) is 11.4 Å². The van der Waals surface area contributed by atoms with Crippen molar-refractivity contribution in [2.75, 3.05) is 6.54 Å². The summed E-state index contributed by atoms with van der Waals surface area (Å²) in [7, 11) is 0. The third-order valence-corrected chi connectivity index (χ3v) is 2.89. The Bertz CT molecular complexity index is 653. The lowest BCUT2D eigenvalue weighted by Gasteiger charge is -2.09. The maximum Gasteiger partial charge on any atom is 0.573 e. The van der Waals surface area contributed by atoms with Crippen LogP contribution in [0.1, 0.15) is 12.1 Å². The molecule has 2 N–H and O–H groups in total. The first-order valence-electron chi connectivity index (χ1n) is 6.69. The molecule has 6 nitrogen and oxygen atoms in total. The van der Waals surface area contributed by atoms with E-state index in [0.717, 1.165) is 5.69 Å². The number of nitrogens with one attached hydrogen (secondary N) is 1. The molecule has 1 amide bonds. The van der Waals surface area contributed by atoms with E-state index in [1.54, 1.807) is 17.1 Å². The van der Waals surface area contributed by atoms with Crippen molar-refractivity contribution in [1.29, 1.82) is 0 Å². The first-order valence-corrected chi connectivity index (χ1v) is 6.69. The molecule has 1 aromatic heterocycles. The average molecular weight is 329 g/mol. The Morgan fingerprint density at radius 1 is 1.30 bits per heavy atom. The molecule has 0 aliphatic carbocycles. The fourth-order valence-corrected chi connectivity index (χ4v) is 1.92. The van der Waals surface area contributed by atoms with Crippen LogP contribution in [-0.2, 0) is 6.42 Å². The van der Waals surface area contributed by atoms with Crippen LogP contribution in [0, 0.1) is 0 Å². The number of carboxylic acid groups (broad SMARTS) is 1. The van der Waals surface area contributed by atoms with Gasteiger partial charge in [-0.25, -0.2) is 9.78 Å². The summed E-state index contributed by atoms with van der Waals surface area (Å²) in [5.74, 6) is -0.290. The van der Waals surface area contributed by atoms with Crippen LogP contribution in [0.2, 0.25) is 0 Å². The van der Waals surface area contributed by atoms with E-state index in [0.29, 0.717) is 25.1 Å². The number of hydrogen-bond acceptors (Lipinski definition) is 3. The summed E-state index contributed by atoms with van der Waals surface area (Å²) >= 11 is 0. The maximum atomic E-state index is 12.1. The number of aromatic nitrogens is 2. The first-order chi connectivity index (χ1) is 10.8. The standard InChI is InChI=1S/C14H14F3N3O3/c15-14(16,17)23-12-5-3-11(4-6-12)20-8-10(19-9-20)2-1-7-18-13(21)22/h3-6,8-9,18H,1-2,7H2,(H,21,22). The van der Waals surface area contributed by atoms with Gasteiger partial charge in [-0.15, -0.1) is 13.2 Å². The van der Waals surface area contributed by atoms with Gasteiger partial charge in [-0.1, -0.05) is 0 Å². The number of benzene rings is 1. The highest BCUT2D eigenvalue weighted by Crippen LogP contribution is 2.23. The monoisotopic (exact) mass is 329 g/mol. The SMILES string of the molecule is O=C(O)NCCCc1cn(-c2ccc(OC(F)(F)F)cc2)cn1. The summed E-state index contributed by atoms with van der Waals surface area (Å²) in [6.07, 6.45) is -1.32. The van der Waals surface area contributed by atoms with E-state index in [-0.39, 0.29) is 5.75 Å². The van der Waals surface area contributed by atoms with Crippen molar-refractivity contribution in [3.63, 3.8) is 0 Å². The van der Waals surface area contributed by atoms with Gasteiger partial charge in [0.05, 0.1) is 12.0 Å². The second kappa shape index (κ2) is 7.03. The number of aryl methyl sites for hydroxylation is 1. The van der Waals surface area contributed by atoms with E-state index in [1.165, 1.54) is 24.3 Å². The lowest BCUT2D eigenvalue weighted by Crippen LogP contribution is -2.22. The van der Waals surface area contributed by atoms with Gasteiger partial charge in [-0.05, 0) is 37.1 Å². The van der Waals surface area contributed by atoms with Gasteiger partial charge in [0.2, 0.25) is 0 Å². The van der Waals surface area contributed by atoms with E-state index in [1.807, 2.05) is 0 Å². The number of nitrogens with zero attached hydrogens (tertiary/aromatic N) is 2. The summed E-state index contributed by atoms with van der Waals surface area (Å²) in [4.78, 5) is 14.5. The molecule has 1 aromatic carbocycles. The number of amides is 1. The molecule has 0 fully saturated rings.